The Morgan fingerprint density at radius 3 is 2.33 bits per heavy atom. The van der Waals surface area contributed by atoms with Crippen molar-refractivity contribution in [1.29, 1.82) is 0 Å². The van der Waals surface area contributed by atoms with Gasteiger partial charge in [0.05, 0.1) is 43.3 Å². The summed E-state index contributed by atoms with van der Waals surface area (Å²) in [5, 5.41) is 7.80. The Balaban J connectivity index is 1.76. The standard InChI is InChI=1S/C26H31N5O2/c1-17(2)27-9-8-23(19-10-21(32-4)13-22(11-19)33-5)18-6-7-24-25(12-18)30-26(15-28-24)20-14-29-31(3)16-20/h6-7,10-17,23,27H,8-9H2,1-5H3/t23-/m0/s1. The highest BCUT2D eigenvalue weighted by Crippen LogP contribution is 2.34. The van der Waals surface area contributed by atoms with Gasteiger partial charge in [0.15, 0.2) is 0 Å². The van der Waals surface area contributed by atoms with Gasteiger partial charge in [-0.1, -0.05) is 19.9 Å². The molecule has 0 aliphatic carbocycles. The first-order chi connectivity index (χ1) is 16.0. The minimum absolute atomic E-state index is 0.147. The van der Waals surface area contributed by atoms with Gasteiger partial charge in [0.25, 0.3) is 0 Å². The van der Waals surface area contributed by atoms with Crippen LogP contribution in [0.2, 0.25) is 0 Å². The maximum absolute atomic E-state index is 5.54. The van der Waals surface area contributed by atoms with Crippen LogP contribution in [0.25, 0.3) is 22.3 Å². The van der Waals surface area contributed by atoms with Crippen molar-refractivity contribution in [2.24, 2.45) is 7.05 Å². The summed E-state index contributed by atoms with van der Waals surface area (Å²) in [6.07, 6.45) is 6.48. The van der Waals surface area contributed by atoms with Crippen molar-refractivity contribution in [3.8, 4) is 22.8 Å². The molecule has 7 nitrogen and oxygen atoms in total. The molecule has 0 spiro atoms. The molecule has 2 aromatic carbocycles. The van der Waals surface area contributed by atoms with Crippen molar-refractivity contribution in [2.75, 3.05) is 20.8 Å². The Labute approximate surface area is 194 Å². The van der Waals surface area contributed by atoms with Crippen molar-refractivity contribution < 1.29 is 9.47 Å². The van der Waals surface area contributed by atoms with E-state index in [2.05, 4.69) is 53.5 Å². The largest absolute Gasteiger partial charge is 0.497 e. The van der Waals surface area contributed by atoms with E-state index in [1.54, 1.807) is 25.1 Å². The van der Waals surface area contributed by atoms with Crippen LogP contribution < -0.4 is 14.8 Å². The van der Waals surface area contributed by atoms with Crippen LogP contribution in [0.15, 0.2) is 55.0 Å². The van der Waals surface area contributed by atoms with Crippen LogP contribution in [-0.2, 0) is 7.05 Å². The Morgan fingerprint density at radius 1 is 0.939 bits per heavy atom. The molecular weight excluding hydrogens is 414 g/mol. The predicted molar refractivity (Wildman–Crippen MR) is 131 cm³/mol. The SMILES string of the molecule is COc1cc(OC)cc([C@@H](CCNC(C)C)c2ccc3ncc(-c4cnn(C)c4)nc3c2)c1. The Morgan fingerprint density at radius 2 is 1.70 bits per heavy atom. The molecule has 7 heteroatoms. The first kappa shape index (κ1) is 22.7. The summed E-state index contributed by atoms with van der Waals surface area (Å²) >= 11 is 0. The third-order valence-corrected chi connectivity index (χ3v) is 5.73. The number of hydrogen-bond acceptors (Lipinski definition) is 6. The van der Waals surface area contributed by atoms with Gasteiger partial charge < -0.3 is 14.8 Å². The molecule has 1 atom stereocenters. The van der Waals surface area contributed by atoms with Crippen LogP contribution in [0.1, 0.15) is 37.3 Å². The van der Waals surface area contributed by atoms with Crippen LogP contribution in [0.3, 0.4) is 0 Å². The fraction of sp³-hybridized carbons (Fsp3) is 0.346. The molecule has 0 unspecified atom stereocenters. The average molecular weight is 446 g/mol. The molecule has 2 aromatic heterocycles. The predicted octanol–water partition coefficient (Wildman–Crippen LogP) is 4.57. The van der Waals surface area contributed by atoms with E-state index in [0.29, 0.717) is 6.04 Å². The molecule has 2 heterocycles. The van der Waals surface area contributed by atoms with E-state index in [9.17, 15) is 0 Å². The van der Waals surface area contributed by atoms with Gasteiger partial charge in [-0.25, -0.2) is 4.98 Å². The van der Waals surface area contributed by atoms with Gasteiger partial charge in [0.2, 0.25) is 0 Å². The van der Waals surface area contributed by atoms with Crippen molar-refractivity contribution in [1.82, 2.24) is 25.1 Å². The highest BCUT2D eigenvalue weighted by Gasteiger charge is 2.18. The summed E-state index contributed by atoms with van der Waals surface area (Å²) in [5.41, 5.74) is 5.83. The molecular formula is C26H31N5O2. The molecule has 0 bridgehead atoms. The molecule has 172 valence electrons. The zero-order chi connectivity index (χ0) is 23.4. The highest BCUT2D eigenvalue weighted by atomic mass is 16.5. The number of nitrogens with one attached hydrogen (secondary N) is 1. The summed E-state index contributed by atoms with van der Waals surface area (Å²) in [4.78, 5) is 9.52. The number of fused-ring (bicyclic) bond motifs is 1. The van der Waals surface area contributed by atoms with Gasteiger partial charge in [0.1, 0.15) is 11.5 Å². The van der Waals surface area contributed by atoms with Crippen LogP contribution in [-0.4, -0.2) is 46.6 Å². The molecule has 4 aromatic rings. The molecule has 0 saturated heterocycles. The Kier molecular flexibility index (Phi) is 6.89. The Hall–Kier alpha value is -3.45. The number of nitrogens with zero attached hydrogens (tertiary/aromatic N) is 4. The zero-order valence-corrected chi connectivity index (χ0v) is 19.9. The lowest BCUT2D eigenvalue weighted by atomic mass is 9.87. The minimum Gasteiger partial charge on any atom is -0.497 e. The maximum Gasteiger partial charge on any atom is 0.122 e. The van der Waals surface area contributed by atoms with Gasteiger partial charge in [-0.15, -0.1) is 0 Å². The molecule has 33 heavy (non-hydrogen) atoms. The minimum atomic E-state index is 0.147. The van der Waals surface area contributed by atoms with Crippen molar-refractivity contribution in [2.45, 2.75) is 32.2 Å². The zero-order valence-electron chi connectivity index (χ0n) is 19.9. The maximum atomic E-state index is 5.54. The van der Waals surface area contributed by atoms with Gasteiger partial charge in [-0.3, -0.25) is 9.67 Å². The second kappa shape index (κ2) is 10.0. The van der Waals surface area contributed by atoms with Crippen molar-refractivity contribution in [3.05, 3.63) is 66.1 Å². The normalized spacial score (nSPS) is 12.3. The van der Waals surface area contributed by atoms with Crippen LogP contribution in [0.5, 0.6) is 11.5 Å². The first-order valence-electron chi connectivity index (χ1n) is 11.2. The smallest absolute Gasteiger partial charge is 0.122 e. The number of benzene rings is 2. The Bertz CT molecular complexity index is 1210. The quantitative estimate of drug-likeness (QED) is 0.407. The van der Waals surface area contributed by atoms with E-state index in [-0.39, 0.29) is 5.92 Å². The molecule has 0 amide bonds. The third-order valence-electron chi connectivity index (χ3n) is 5.73. The highest BCUT2D eigenvalue weighted by molar-refractivity contribution is 5.78. The molecule has 1 N–H and O–H groups in total. The van der Waals surface area contributed by atoms with Gasteiger partial charge in [-0.2, -0.15) is 5.10 Å². The molecule has 0 saturated carbocycles. The topological polar surface area (TPSA) is 74.1 Å². The van der Waals surface area contributed by atoms with E-state index in [1.165, 1.54) is 5.56 Å². The van der Waals surface area contributed by atoms with Crippen LogP contribution in [0.4, 0.5) is 0 Å². The fourth-order valence-electron chi connectivity index (χ4n) is 4.01. The number of aryl methyl sites for hydroxylation is 1. The van der Waals surface area contributed by atoms with Crippen LogP contribution >= 0.6 is 0 Å². The molecule has 0 aliphatic heterocycles. The molecule has 4 rings (SSSR count). The summed E-state index contributed by atoms with van der Waals surface area (Å²) < 4.78 is 12.8. The summed E-state index contributed by atoms with van der Waals surface area (Å²) in [6.45, 7) is 5.21. The van der Waals surface area contributed by atoms with E-state index in [0.717, 1.165) is 52.3 Å². The van der Waals surface area contributed by atoms with E-state index < -0.39 is 0 Å². The number of ether oxygens (including phenoxy) is 2. The number of hydrogen-bond donors (Lipinski definition) is 1. The lowest BCUT2D eigenvalue weighted by Gasteiger charge is -2.21. The van der Waals surface area contributed by atoms with Crippen molar-refractivity contribution >= 4 is 11.0 Å². The lowest BCUT2D eigenvalue weighted by Crippen LogP contribution is -2.25. The summed E-state index contributed by atoms with van der Waals surface area (Å²) in [7, 11) is 5.26. The van der Waals surface area contributed by atoms with Gasteiger partial charge in [-0.05, 0) is 48.4 Å². The van der Waals surface area contributed by atoms with E-state index in [1.807, 2.05) is 31.6 Å². The second-order valence-electron chi connectivity index (χ2n) is 8.50. The number of rotatable bonds is 9. The third kappa shape index (κ3) is 5.31. The van der Waals surface area contributed by atoms with E-state index >= 15 is 0 Å². The number of aromatic nitrogens is 4. The monoisotopic (exact) mass is 445 g/mol. The molecule has 0 fully saturated rings. The van der Waals surface area contributed by atoms with Gasteiger partial charge in [0, 0.05) is 36.8 Å². The van der Waals surface area contributed by atoms with Crippen molar-refractivity contribution in [3.63, 3.8) is 0 Å². The average Bonchev–Trinajstić information content (AvgIpc) is 3.26. The summed E-state index contributed by atoms with van der Waals surface area (Å²) in [6, 6.07) is 12.8. The van der Waals surface area contributed by atoms with Crippen LogP contribution in [0, 0.1) is 0 Å². The first-order valence-corrected chi connectivity index (χ1v) is 11.2. The molecule has 0 radical (unpaired) electrons. The fourth-order valence-corrected chi connectivity index (χ4v) is 4.01. The van der Waals surface area contributed by atoms with E-state index in [4.69, 9.17) is 14.5 Å². The lowest BCUT2D eigenvalue weighted by molar-refractivity contribution is 0.392. The molecule has 0 aliphatic rings. The van der Waals surface area contributed by atoms with Gasteiger partial charge >= 0.3 is 0 Å². The number of methoxy groups -OCH3 is 2. The summed E-state index contributed by atoms with van der Waals surface area (Å²) in [5.74, 6) is 1.71. The second-order valence-corrected chi connectivity index (χ2v) is 8.50.